The molecule has 1 aromatic carbocycles. The summed E-state index contributed by atoms with van der Waals surface area (Å²) in [5.41, 5.74) is 2.75. The van der Waals surface area contributed by atoms with E-state index in [0.717, 1.165) is 44.9 Å². The van der Waals surface area contributed by atoms with Crippen LogP contribution in [0.25, 0.3) is 0 Å². The van der Waals surface area contributed by atoms with Crippen molar-refractivity contribution >= 4 is 22.0 Å². The van der Waals surface area contributed by atoms with Crippen molar-refractivity contribution in [2.45, 2.75) is 89.6 Å². The predicted octanol–water partition coefficient (Wildman–Crippen LogP) is 3.69. The summed E-state index contributed by atoms with van der Waals surface area (Å²) in [5, 5.41) is 5.92. The summed E-state index contributed by atoms with van der Waals surface area (Å²) < 4.78 is 35.2. The van der Waals surface area contributed by atoms with E-state index in [1.54, 1.807) is 17.4 Å². The standard InChI is InChI=1S/C32H45N5O5S/c1-4-42-28(38)26(18-24-19-33-21-34-24)35-29(39)36-27-17-23-10-12-32(27,30(23,2)3)20-43(40,41)37-15-13-31(14-16-37)11-9-22-7-5-6-8-25(22)31/h5-8,19,21,23,26-27H,4,9-18,20H2,1-3H3,(H,33,34)(H2,35,36,39)/t23-,26?,27+,32-/m1/s1. The molecule has 10 nitrogen and oxygen atoms in total. The van der Waals surface area contributed by atoms with Crippen LogP contribution < -0.4 is 10.6 Å². The van der Waals surface area contributed by atoms with Gasteiger partial charge in [-0.15, -0.1) is 0 Å². The Hall–Kier alpha value is -2.92. The number of fused-ring (bicyclic) bond motifs is 4. The molecule has 2 bridgehead atoms. The van der Waals surface area contributed by atoms with Crippen LogP contribution >= 0.6 is 0 Å². The summed E-state index contributed by atoms with van der Waals surface area (Å²) in [4.78, 5) is 33.0. The minimum absolute atomic E-state index is 0.0213. The Bertz CT molecular complexity index is 1450. The largest absolute Gasteiger partial charge is 0.464 e. The average molecular weight is 612 g/mol. The number of aromatic amines is 1. The average Bonchev–Trinajstić information content (AvgIpc) is 3.71. The van der Waals surface area contributed by atoms with Gasteiger partial charge in [0.25, 0.3) is 0 Å². The van der Waals surface area contributed by atoms with E-state index in [2.05, 4.69) is 58.7 Å². The van der Waals surface area contributed by atoms with E-state index in [9.17, 15) is 18.0 Å². The first kappa shape index (κ1) is 30.1. The summed E-state index contributed by atoms with van der Waals surface area (Å²) in [6.45, 7) is 7.32. The van der Waals surface area contributed by atoms with Crippen LogP contribution in [-0.4, -0.2) is 72.2 Å². The van der Waals surface area contributed by atoms with Crippen molar-refractivity contribution in [1.29, 1.82) is 0 Å². The number of rotatable bonds is 9. The van der Waals surface area contributed by atoms with Crippen molar-refractivity contribution in [2.24, 2.45) is 16.7 Å². The van der Waals surface area contributed by atoms with Crippen LogP contribution in [0.2, 0.25) is 0 Å². The zero-order chi connectivity index (χ0) is 30.5. The first-order chi connectivity index (χ1) is 20.5. The number of aryl methyl sites for hydroxylation is 1. The highest BCUT2D eigenvalue weighted by atomic mass is 32.2. The maximum absolute atomic E-state index is 14.1. The van der Waals surface area contributed by atoms with E-state index in [1.807, 2.05) is 0 Å². The molecule has 2 amide bonds. The lowest BCUT2D eigenvalue weighted by molar-refractivity contribution is -0.145. The quantitative estimate of drug-likeness (QED) is 0.371. The Morgan fingerprint density at radius 1 is 1.16 bits per heavy atom. The van der Waals surface area contributed by atoms with Gasteiger partial charge in [-0.2, -0.15) is 0 Å². The number of benzene rings is 1. The first-order valence-electron chi connectivity index (χ1n) is 15.8. The van der Waals surface area contributed by atoms with Crippen molar-refractivity contribution in [1.82, 2.24) is 24.9 Å². The number of nitrogens with one attached hydrogen (secondary N) is 3. The SMILES string of the molecule is CCOC(=O)C(Cc1cnc[nH]1)NC(=O)N[C@H]1C[C@H]2CC[C@]1(CS(=O)(=O)N1CCC3(CCc4ccccc43)CC1)C2(C)C. The molecule has 2 aromatic rings. The van der Waals surface area contributed by atoms with Crippen LogP contribution in [0.3, 0.4) is 0 Å². The number of urea groups is 1. The molecule has 3 fully saturated rings. The van der Waals surface area contributed by atoms with Crippen LogP contribution in [0.1, 0.15) is 76.1 Å². The molecule has 3 N–H and O–H groups in total. The molecule has 234 valence electrons. The maximum Gasteiger partial charge on any atom is 0.329 e. The molecular weight excluding hydrogens is 566 g/mol. The number of ether oxygens (including phenoxy) is 1. The number of carbonyl (C=O) groups excluding carboxylic acids is 2. The van der Waals surface area contributed by atoms with Gasteiger partial charge in [-0.25, -0.2) is 27.3 Å². The second kappa shape index (κ2) is 11.2. The Morgan fingerprint density at radius 2 is 1.93 bits per heavy atom. The van der Waals surface area contributed by atoms with Crippen molar-refractivity contribution in [3.05, 3.63) is 53.6 Å². The van der Waals surface area contributed by atoms with Crippen LogP contribution in [0, 0.1) is 16.7 Å². The van der Waals surface area contributed by atoms with E-state index < -0.39 is 33.5 Å². The first-order valence-corrected chi connectivity index (χ1v) is 17.4. The zero-order valence-corrected chi connectivity index (χ0v) is 26.3. The normalized spacial score (nSPS) is 28.0. The van der Waals surface area contributed by atoms with E-state index >= 15 is 0 Å². The van der Waals surface area contributed by atoms with Gasteiger partial charge in [0.1, 0.15) is 6.04 Å². The molecule has 1 saturated heterocycles. The summed E-state index contributed by atoms with van der Waals surface area (Å²) in [7, 11) is -3.58. The highest BCUT2D eigenvalue weighted by Gasteiger charge is 2.66. The molecule has 1 spiro atoms. The number of amides is 2. The third kappa shape index (κ3) is 5.26. The summed E-state index contributed by atoms with van der Waals surface area (Å²) in [6.07, 6.45) is 9.61. The maximum atomic E-state index is 14.1. The number of H-pyrrole nitrogens is 1. The second-order valence-corrected chi connectivity index (χ2v) is 15.7. The third-order valence-corrected chi connectivity index (χ3v) is 13.6. The predicted molar refractivity (Wildman–Crippen MR) is 163 cm³/mol. The second-order valence-electron chi connectivity index (χ2n) is 13.7. The number of esters is 1. The molecule has 2 saturated carbocycles. The van der Waals surface area contributed by atoms with Gasteiger partial charge < -0.3 is 20.4 Å². The Labute approximate surface area is 254 Å². The lowest BCUT2D eigenvalue weighted by Crippen LogP contribution is -2.58. The van der Waals surface area contributed by atoms with Gasteiger partial charge in [-0.1, -0.05) is 38.1 Å². The summed E-state index contributed by atoms with van der Waals surface area (Å²) in [5.74, 6) is -0.183. The monoisotopic (exact) mass is 611 g/mol. The molecule has 1 aromatic heterocycles. The van der Waals surface area contributed by atoms with E-state index in [-0.39, 0.29) is 35.7 Å². The molecule has 4 atom stereocenters. The molecule has 1 aliphatic heterocycles. The number of imidazole rings is 1. The van der Waals surface area contributed by atoms with Crippen molar-refractivity contribution in [3.63, 3.8) is 0 Å². The number of sulfonamides is 1. The highest BCUT2D eigenvalue weighted by Crippen LogP contribution is 2.66. The fraction of sp³-hybridized carbons (Fsp3) is 0.656. The topological polar surface area (TPSA) is 133 Å². The summed E-state index contributed by atoms with van der Waals surface area (Å²) in [6, 6.07) is 6.94. The highest BCUT2D eigenvalue weighted by molar-refractivity contribution is 7.89. The molecule has 4 aliphatic rings. The Balaban J connectivity index is 1.15. The Kier molecular flexibility index (Phi) is 7.86. The van der Waals surface area contributed by atoms with E-state index in [4.69, 9.17) is 4.74 Å². The van der Waals surface area contributed by atoms with Gasteiger partial charge in [-0.05, 0) is 79.7 Å². The molecule has 0 radical (unpaired) electrons. The lowest BCUT2D eigenvalue weighted by Gasteiger charge is -2.45. The molecule has 11 heteroatoms. The molecule has 2 heterocycles. The zero-order valence-electron chi connectivity index (χ0n) is 25.5. The fourth-order valence-corrected chi connectivity index (χ4v) is 11.2. The van der Waals surface area contributed by atoms with Gasteiger partial charge in [0.05, 0.1) is 18.7 Å². The summed E-state index contributed by atoms with van der Waals surface area (Å²) >= 11 is 0. The van der Waals surface area contributed by atoms with Crippen molar-refractivity contribution < 1.29 is 22.7 Å². The molecular formula is C32H45N5O5S. The van der Waals surface area contributed by atoms with Gasteiger partial charge in [0, 0.05) is 42.9 Å². The lowest BCUT2D eigenvalue weighted by atomic mass is 9.69. The van der Waals surface area contributed by atoms with Crippen LogP contribution in [0.5, 0.6) is 0 Å². The molecule has 1 unspecified atom stereocenters. The molecule has 3 aliphatic carbocycles. The van der Waals surface area contributed by atoms with E-state index in [0.29, 0.717) is 24.7 Å². The molecule has 43 heavy (non-hydrogen) atoms. The number of hydrogen-bond donors (Lipinski definition) is 3. The minimum Gasteiger partial charge on any atom is -0.464 e. The fourth-order valence-electron chi connectivity index (χ4n) is 8.93. The third-order valence-electron chi connectivity index (χ3n) is 11.6. The van der Waals surface area contributed by atoms with Gasteiger partial charge >= 0.3 is 12.0 Å². The van der Waals surface area contributed by atoms with Crippen LogP contribution in [0.4, 0.5) is 4.79 Å². The Morgan fingerprint density at radius 3 is 2.63 bits per heavy atom. The number of carbonyl (C=O) groups is 2. The minimum atomic E-state index is -3.58. The number of hydrogen-bond acceptors (Lipinski definition) is 6. The smallest absolute Gasteiger partial charge is 0.329 e. The van der Waals surface area contributed by atoms with E-state index in [1.165, 1.54) is 17.5 Å². The van der Waals surface area contributed by atoms with Crippen LogP contribution in [-0.2, 0) is 37.8 Å². The number of aromatic nitrogens is 2. The number of piperidine rings is 1. The van der Waals surface area contributed by atoms with Gasteiger partial charge in [-0.3, -0.25) is 0 Å². The van der Waals surface area contributed by atoms with Gasteiger partial charge in [0.2, 0.25) is 10.0 Å². The van der Waals surface area contributed by atoms with Crippen molar-refractivity contribution in [3.8, 4) is 0 Å². The number of nitrogens with zero attached hydrogens (tertiary/aromatic N) is 2. The van der Waals surface area contributed by atoms with Crippen LogP contribution in [0.15, 0.2) is 36.8 Å². The van der Waals surface area contributed by atoms with Crippen molar-refractivity contribution in [2.75, 3.05) is 25.4 Å². The van der Waals surface area contributed by atoms with Gasteiger partial charge in [0.15, 0.2) is 0 Å². The molecule has 6 rings (SSSR count).